The van der Waals surface area contributed by atoms with Gasteiger partial charge in [0.05, 0.1) is 11.6 Å². The molecule has 3 fully saturated rings. The number of hydrogen-bond acceptors (Lipinski definition) is 6. The lowest BCUT2D eigenvalue weighted by Crippen LogP contribution is -2.53. The Balaban J connectivity index is 1.25. The van der Waals surface area contributed by atoms with Crippen LogP contribution >= 0.6 is 0 Å². The van der Waals surface area contributed by atoms with Crippen LogP contribution in [0.25, 0.3) is 0 Å². The zero-order chi connectivity index (χ0) is 25.9. The van der Waals surface area contributed by atoms with Crippen LogP contribution in [0.15, 0.2) is 42.7 Å². The summed E-state index contributed by atoms with van der Waals surface area (Å²) < 4.78 is 29.3. The summed E-state index contributed by atoms with van der Waals surface area (Å²) in [5.74, 6) is -1.78. The van der Waals surface area contributed by atoms with Crippen LogP contribution in [0.2, 0.25) is 0 Å². The highest BCUT2D eigenvalue weighted by atomic mass is 19.1. The van der Waals surface area contributed by atoms with Crippen molar-refractivity contribution in [1.82, 2.24) is 31.4 Å². The van der Waals surface area contributed by atoms with Gasteiger partial charge < -0.3 is 10.6 Å². The molecule has 3 heterocycles. The molecule has 3 aliphatic rings. The van der Waals surface area contributed by atoms with E-state index in [0.29, 0.717) is 25.6 Å². The summed E-state index contributed by atoms with van der Waals surface area (Å²) in [5.41, 5.74) is 7.70. The molecule has 1 saturated carbocycles. The number of amides is 2. The van der Waals surface area contributed by atoms with Gasteiger partial charge in [-0.3, -0.25) is 24.9 Å². The van der Waals surface area contributed by atoms with Gasteiger partial charge in [0.15, 0.2) is 0 Å². The van der Waals surface area contributed by atoms with E-state index in [0.717, 1.165) is 31.2 Å². The minimum absolute atomic E-state index is 0.0132. The van der Waals surface area contributed by atoms with Crippen molar-refractivity contribution < 1.29 is 18.4 Å². The Morgan fingerprint density at radius 2 is 1.84 bits per heavy atom. The summed E-state index contributed by atoms with van der Waals surface area (Å²) >= 11 is 0. The van der Waals surface area contributed by atoms with Crippen LogP contribution in [0.5, 0.6) is 0 Å². The van der Waals surface area contributed by atoms with Gasteiger partial charge in [0.1, 0.15) is 17.7 Å². The maximum Gasteiger partial charge on any atom is 0.241 e. The van der Waals surface area contributed by atoms with E-state index in [1.165, 1.54) is 25.2 Å². The van der Waals surface area contributed by atoms with Gasteiger partial charge in [-0.25, -0.2) is 14.2 Å². The Bertz CT molecular complexity index is 1100. The summed E-state index contributed by atoms with van der Waals surface area (Å²) in [6.07, 6.45) is 7.49. The van der Waals surface area contributed by atoms with E-state index in [-0.39, 0.29) is 35.4 Å². The first-order valence-electron chi connectivity index (χ1n) is 13.1. The SMILES string of the molecule is CNC(=O)C(c1c(F)cccc1F)N1CCC[C@@H](NC(=O)C2CCC3NNC(c4ccncc4)C3C2)C1. The van der Waals surface area contributed by atoms with E-state index in [1.807, 2.05) is 12.1 Å². The fourth-order valence-electron chi connectivity index (χ4n) is 6.26. The van der Waals surface area contributed by atoms with Crippen molar-refractivity contribution in [2.75, 3.05) is 20.1 Å². The number of nitrogens with zero attached hydrogens (tertiary/aromatic N) is 2. The Morgan fingerprint density at radius 3 is 2.57 bits per heavy atom. The number of nitrogens with one attached hydrogen (secondary N) is 4. The zero-order valence-corrected chi connectivity index (χ0v) is 20.9. The quantitative estimate of drug-likeness (QED) is 0.475. The van der Waals surface area contributed by atoms with E-state index in [1.54, 1.807) is 17.3 Å². The van der Waals surface area contributed by atoms with Crippen molar-refractivity contribution in [2.45, 2.75) is 56.3 Å². The number of halogens is 2. The molecule has 198 valence electrons. The number of piperidine rings is 1. The molecule has 4 N–H and O–H groups in total. The van der Waals surface area contributed by atoms with Gasteiger partial charge in [-0.15, -0.1) is 0 Å². The first-order valence-corrected chi connectivity index (χ1v) is 13.1. The first-order chi connectivity index (χ1) is 18.0. The standard InChI is InChI=1S/C27H34F2N6O2/c1-30-27(37)25(23-20(28)5-2-6-21(23)29)35-13-3-4-18(15-35)32-26(36)17-7-8-22-19(14-17)24(34-33-22)16-9-11-31-12-10-16/h2,5-6,9-12,17-19,22,24-25,33-34H,3-4,7-8,13-15H2,1H3,(H,30,37)(H,32,36)/t17?,18-,19?,22?,24?,25?/m1/s1. The van der Waals surface area contributed by atoms with Crippen molar-refractivity contribution >= 4 is 11.8 Å². The minimum atomic E-state index is -1.10. The average Bonchev–Trinajstić information content (AvgIpc) is 3.34. The number of fused-ring (bicyclic) bond motifs is 1. The fourth-order valence-corrected chi connectivity index (χ4v) is 6.26. The lowest BCUT2D eigenvalue weighted by Gasteiger charge is -2.39. The van der Waals surface area contributed by atoms with Crippen molar-refractivity contribution in [2.24, 2.45) is 11.8 Å². The third-order valence-corrected chi connectivity index (χ3v) is 8.12. The molecule has 0 bridgehead atoms. The Hall–Kier alpha value is -2.95. The Labute approximate surface area is 215 Å². The van der Waals surface area contributed by atoms with E-state index >= 15 is 0 Å². The number of likely N-dealkylation sites (N-methyl/N-ethyl adjacent to an activating group) is 1. The minimum Gasteiger partial charge on any atom is -0.358 e. The number of carbonyl (C=O) groups is 2. The van der Waals surface area contributed by atoms with E-state index in [9.17, 15) is 18.4 Å². The van der Waals surface area contributed by atoms with Gasteiger partial charge in [-0.1, -0.05) is 6.07 Å². The number of likely N-dealkylation sites (tertiary alicyclic amines) is 1. The zero-order valence-electron chi connectivity index (χ0n) is 20.9. The van der Waals surface area contributed by atoms with E-state index < -0.39 is 23.6 Å². The Kier molecular flexibility index (Phi) is 7.78. The third kappa shape index (κ3) is 5.37. The van der Waals surface area contributed by atoms with Gasteiger partial charge in [0.25, 0.3) is 0 Å². The molecule has 8 nitrogen and oxygen atoms in total. The molecule has 5 rings (SSSR count). The second kappa shape index (κ2) is 11.2. The van der Waals surface area contributed by atoms with Crippen molar-refractivity contribution in [3.05, 3.63) is 65.5 Å². The van der Waals surface area contributed by atoms with Gasteiger partial charge in [0.2, 0.25) is 11.8 Å². The van der Waals surface area contributed by atoms with Crippen LogP contribution in [0, 0.1) is 23.5 Å². The number of rotatable bonds is 6. The Morgan fingerprint density at radius 1 is 1.08 bits per heavy atom. The fraction of sp³-hybridized carbons (Fsp3) is 0.519. The summed E-state index contributed by atoms with van der Waals surface area (Å²) in [7, 11) is 1.46. The highest BCUT2D eigenvalue weighted by Gasteiger charge is 2.43. The first kappa shape index (κ1) is 25.7. The highest BCUT2D eigenvalue weighted by molar-refractivity contribution is 5.83. The molecule has 6 atom stereocenters. The lowest BCUT2D eigenvalue weighted by molar-refractivity contribution is -0.128. The maximum absolute atomic E-state index is 14.6. The second-order valence-corrected chi connectivity index (χ2v) is 10.3. The normalized spacial score (nSPS) is 28.8. The molecule has 0 radical (unpaired) electrons. The molecular weight excluding hydrogens is 478 g/mol. The highest BCUT2D eigenvalue weighted by Crippen LogP contribution is 2.40. The van der Waals surface area contributed by atoms with Crippen molar-refractivity contribution in [1.29, 1.82) is 0 Å². The molecule has 1 aromatic carbocycles. The number of carbonyl (C=O) groups excluding carboxylic acids is 2. The molecule has 2 amide bonds. The number of hydrazine groups is 1. The van der Waals surface area contributed by atoms with Crippen LogP contribution in [0.3, 0.4) is 0 Å². The molecular formula is C27H34F2N6O2. The van der Waals surface area contributed by atoms with Gasteiger partial charge >= 0.3 is 0 Å². The summed E-state index contributed by atoms with van der Waals surface area (Å²) in [5, 5.41) is 5.74. The van der Waals surface area contributed by atoms with E-state index in [2.05, 4.69) is 26.5 Å². The average molecular weight is 513 g/mol. The van der Waals surface area contributed by atoms with E-state index in [4.69, 9.17) is 0 Å². The van der Waals surface area contributed by atoms with Gasteiger partial charge in [-0.05, 0) is 74.4 Å². The van der Waals surface area contributed by atoms with Crippen LogP contribution in [-0.4, -0.2) is 53.9 Å². The molecule has 1 aromatic heterocycles. The molecule has 0 spiro atoms. The molecule has 5 unspecified atom stereocenters. The van der Waals surface area contributed by atoms with Gasteiger partial charge in [-0.2, -0.15) is 0 Å². The second-order valence-electron chi connectivity index (χ2n) is 10.3. The predicted octanol–water partition coefficient (Wildman–Crippen LogP) is 2.36. The number of hydrogen-bond donors (Lipinski definition) is 4. The molecule has 1 aliphatic carbocycles. The van der Waals surface area contributed by atoms with Gasteiger partial charge in [0, 0.05) is 44.0 Å². The maximum atomic E-state index is 14.6. The molecule has 2 aliphatic heterocycles. The summed E-state index contributed by atoms with van der Waals surface area (Å²) in [4.78, 5) is 32.0. The number of benzene rings is 1. The van der Waals surface area contributed by atoms with Crippen molar-refractivity contribution in [3.8, 4) is 0 Å². The van der Waals surface area contributed by atoms with Crippen LogP contribution in [0.4, 0.5) is 8.78 Å². The number of pyridine rings is 1. The van der Waals surface area contributed by atoms with Crippen LogP contribution < -0.4 is 21.5 Å². The molecule has 2 saturated heterocycles. The topological polar surface area (TPSA) is 98.4 Å². The molecule has 2 aromatic rings. The van der Waals surface area contributed by atoms with Crippen molar-refractivity contribution in [3.63, 3.8) is 0 Å². The lowest BCUT2D eigenvalue weighted by atomic mass is 9.74. The van der Waals surface area contributed by atoms with Crippen LogP contribution in [-0.2, 0) is 9.59 Å². The summed E-state index contributed by atoms with van der Waals surface area (Å²) in [6, 6.07) is 6.77. The molecule has 37 heavy (non-hydrogen) atoms. The third-order valence-electron chi connectivity index (χ3n) is 8.12. The number of aromatic nitrogens is 1. The smallest absolute Gasteiger partial charge is 0.241 e. The van der Waals surface area contributed by atoms with Crippen LogP contribution in [0.1, 0.15) is 55.3 Å². The predicted molar refractivity (Wildman–Crippen MR) is 134 cm³/mol. The largest absolute Gasteiger partial charge is 0.358 e. The molecule has 10 heteroatoms. The monoisotopic (exact) mass is 512 g/mol. The summed E-state index contributed by atoms with van der Waals surface area (Å²) in [6.45, 7) is 0.857.